The van der Waals surface area contributed by atoms with E-state index in [2.05, 4.69) is 36.5 Å². The maximum atomic E-state index is 12.4. The average molecular weight is 347 g/mol. The van der Waals surface area contributed by atoms with Crippen LogP contribution in [-0.4, -0.2) is 24.2 Å². The van der Waals surface area contributed by atoms with Gasteiger partial charge in [-0.25, -0.2) is 0 Å². The van der Waals surface area contributed by atoms with Crippen molar-refractivity contribution in [2.75, 3.05) is 12.3 Å². The number of thioether (sulfide) groups is 1. The van der Waals surface area contributed by atoms with Crippen molar-refractivity contribution < 1.29 is 4.79 Å². The molecular weight excluding hydrogens is 316 g/mol. The number of amides is 1. The van der Waals surface area contributed by atoms with Gasteiger partial charge in [-0.2, -0.15) is 11.8 Å². The quantitative estimate of drug-likeness (QED) is 0.775. The summed E-state index contributed by atoms with van der Waals surface area (Å²) < 4.78 is 0. The van der Waals surface area contributed by atoms with E-state index in [-0.39, 0.29) is 11.8 Å². The smallest absolute Gasteiger partial charge is 0.223 e. The number of aryl methyl sites for hydroxylation is 1. The molecule has 1 aromatic rings. The Morgan fingerprint density at radius 2 is 1.88 bits per heavy atom. The summed E-state index contributed by atoms with van der Waals surface area (Å²) in [5.74, 6) is 3.59. The fourth-order valence-corrected chi connectivity index (χ4v) is 5.09. The second kappa shape index (κ2) is 8.39. The van der Waals surface area contributed by atoms with Crippen molar-refractivity contribution in [2.24, 2.45) is 23.5 Å². The Bertz CT molecular complexity index is 531. The van der Waals surface area contributed by atoms with Gasteiger partial charge in [0, 0.05) is 30.0 Å². The number of fused-ring (bicyclic) bond motifs is 2. The molecule has 2 fully saturated rings. The third-order valence-corrected chi connectivity index (χ3v) is 6.75. The van der Waals surface area contributed by atoms with Gasteiger partial charge in [-0.3, -0.25) is 4.79 Å². The van der Waals surface area contributed by atoms with E-state index in [0.29, 0.717) is 17.9 Å². The van der Waals surface area contributed by atoms with Gasteiger partial charge in [0.05, 0.1) is 0 Å². The monoisotopic (exact) mass is 346 g/mol. The summed E-state index contributed by atoms with van der Waals surface area (Å²) in [6, 6.07) is 9.02. The van der Waals surface area contributed by atoms with Crippen LogP contribution in [0.25, 0.3) is 0 Å². The minimum atomic E-state index is 0.196. The molecule has 0 spiro atoms. The molecule has 3 nitrogen and oxygen atoms in total. The Balaban J connectivity index is 1.35. The number of carbonyl (C=O) groups is 1. The van der Waals surface area contributed by atoms with Gasteiger partial charge in [-0.05, 0) is 50.0 Å². The largest absolute Gasteiger partial charge is 0.355 e. The van der Waals surface area contributed by atoms with E-state index in [1.54, 1.807) is 0 Å². The molecule has 2 aliphatic rings. The van der Waals surface area contributed by atoms with E-state index in [1.165, 1.54) is 30.4 Å². The van der Waals surface area contributed by atoms with Gasteiger partial charge in [0.1, 0.15) is 0 Å². The first kappa shape index (κ1) is 17.8. The van der Waals surface area contributed by atoms with E-state index in [9.17, 15) is 4.79 Å². The number of benzene rings is 1. The second-order valence-electron chi connectivity index (χ2n) is 7.53. The van der Waals surface area contributed by atoms with Crippen LogP contribution >= 0.6 is 11.8 Å². The lowest BCUT2D eigenvalue weighted by Crippen LogP contribution is -2.49. The first-order chi connectivity index (χ1) is 11.6. The Morgan fingerprint density at radius 1 is 1.21 bits per heavy atom. The van der Waals surface area contributed by atoms with Gasteiger partial charge >= 0.3 is 0 Å². The van der Waals surface area contributed by atoms with Crippen LogP contribution in [0.15, 0.2) is 24.3 Å². The Kier molecular flexibility index (Phi) is 6.23. The van der Waals surface area contributed by atoms with E-state index in [0.717, 1.165) is 30.9 Å². The molecule has 2 unspecified atom stereocenters. The van der Waals surface area contributed by atoms with Gasteiger partial charge in [0.25, 0.3) is 0 Å². The van der Waals surface area contributed by atoms with Crippen molar-refractivity contribution in [1.29, 1.82) is 0 Å². The minimum Gasteiger partial charge on any atom is -0.355 e. The summed E-state index contributed by atoms with van der Waals surface area (Å²) in [6.45, 7) is 2.88. The van der Waals surface area contributed by atoms with Crippen molar-refractivity contribution in [3.05, 3.63) is 35.4 Å². The van der Waals surface area contributed by atoms with E-state index >= 15 is 0 Å². The maximum Gasteiger partial charge on any atom is 0.223 e. The summed E-state index contributed by atoms with van der Waals surface area (Å²) in [7, 11) is 0. The molecule has 0 radical (unpaired) electrons. The first-order valence-electron chi connectivity index (χ1n) is 9.30. The molecular formula is C20H30N2OS. The lowest BCUT2D eigenvalue weighted by Gasteiger charge is -2.43. The van der Waals surface area contributed by atoms with Gasteiger partial charge in [0.15, 0.2) is 0 Å². The van der Waals surface area contributed by atoms with Crippen molar-refractivity contribution >= 4 is 17.7 Å². The van der Waals surface area contributed by atoms with Crippen LogP contribution in [0.1, 0.15) is 43.2 Å². The van der Waals surface area contributed by atoms with Crippen molar-refractivity contribution in [2.45, 2.75) is 50.8 Å². The van der Waals surface area contributed by atoms with Crippen LogP contribution in [0.4, 0.5) is 0 Å². The highest BCUT2D eigenvalue weighted by Crippen LogP contribution is 2.41. The molecule has 132 valence electrons. The number of nitrogens with one attached hydrogen (secondary N) is 1. The van der Waals surface area contributed by atoms with Gasteiger partial charge in [0.2, 0.25) is 5.91 Å². The highest BCUT2D eigenvalue weighted by Gasteiger charge is 2.40. The number of hydrogen-bond acceptors (Lipinski definition) is 3. The van der Waals surface area contributed by atoms with Crippen LogP contribution in [0.3, 0.4) is 0 Å². The Morgan fingerprint density at radius 3 is 2.54 bits per heavy atom. The third kappa shape index (κ3) is 4.54. The summed E-state index contributed by atoms with van der Waals surface area (Å²) in [4.78, 5) is 12.4. The highest BCUT2D eigenvalue weighted by atomic mass is 32.2. The van der Waals surface area contributed by atoms with Gasteiger partial charge in [-0.15, -0.1) is 0 Å². The molecule has 24 heavy (non-hydrogen) atoms. The fraction of sp³-hybridized carbons (Fsp3) is 0.650. The second-order valence-corrected chi connectivity index (χ2v) is 8.63. The van der Waals surface area contributed by atoms with E-state index < -0.39 is 0 Å². The molecule has 2 bridgehead atoms. The SMILES string of the molecule is Cc1ccc(CSCCNC(=O)C2CC3CCCC(C2)C3N)cc1. The number of carbonyl (C=O) groups excluding carboxylic acids is 1. The van der Waals surface area contributed by atoms with E-state index in [1.807, 2.05) is 11.8 Å². The van der Waals surface area contributed by atoms with Crippen molar-refractivity contribution in [3.63, 3.8) is 0 Å². The predicted molar refractivity (Wildman–Crippen MR) is 102 cm³/mol. The highest BCUT2D eigenvalue weighted by molar-refractivity contribution is 7.98. The van der Waals surface area contributed by atoms with Crippen LogP contribution < -0.4 is 11.1 Å². The summed E-state index contributed by atoms with van der Waals surface area (Å²) in [5, 5.41) is 3.15. The average Bonchev–Trinajstić information content (AvgIpc) is 2.56. The molecule has 0 saturated heterocycles. The number of nitrogens with two attached hydrogens (primary N) is 1. The molecule has 2 aliphatic carbocycles. The zero-order valence-corrected chi connectivity index (χ0v) is 15.5. The molecule has 0 heterocycles. The first-order valence-corrected chi connectivity index (χ1v) is 10.5. The molecule has 0 aliphatic heterocycles. The Labute approximate surface area is 150 Å². The van der Waals surface area contributed by atoms with Crippen molar-refractivity contribution in [3.8, 4) is 0 Å². The van der Waals surface area contributed by atoms with Crippen LogP contribution in [0, 0.1) is 24.7 Å². The number of hydrogen-bond donors (Lipinski definition) is 2. The molecule has 1 amide bonds. The van der Waals surface area contributed by atoms with Gasteiger partial charge in [-0.1, -0.05) is 36.2 Å². The normalized spacial score (nSPS) is 29.2. The molecule has 2 saturated carbocycles. The topological polar surface area (TPSA) is 55.1 Å². The van der Waals surface area contributed by atoms with Crippen molar-refractivity contribution in [1.82, 2.24) is 5.32 Å². The minimum absolute atomic E-state index is 0.196. The zero-order valence-electron chi connectivity index (χ0n) is 14.7. The van der Waals surface area contributed by atoms with Crippen LogP contribution in [-0.2, 0) is 10.5 Å². The summed E-state index contributed by atoms with van der Waals surface area (Å²) in [5.41, 5.74) is 8.97. The standard InChI is InChI=1S/C20H30N2OS/c1-14-5-7-15(8-6-14)13-24-10-9-22-20(23)18-11-16-3-2-4-17(12-18)19(16)21/h5-8,16-19H,2-4,9-13,21H2,1H3,(H,22,23). The third-order valence-electron chi connectivity index (χ3n) is 5.72. The fourth-order valence-electron chi connectivity index (χ4n) is 4.27. The Hall–Kier alpha value is -1.00. The molecule has 3 rings (SSSR count). The van der Waals surface area contributed by atoms with Crippen LogP contribution in [0.2, 0.25) is 0 Å². The van der Waals surface area contributed by atoms with Crippen LogP contribution in [0.5, 0.6) is 0 Å². The molecule has 4 heteroatoms. The molecule has 1 aromatic carbocycles. The van der Waals surface area contributed by atoms with E-state index in [4.69, 9.17) is 5.73 Å². The van der Waals surface area contributed by atoms with Gasteiger partial charge < -0.3 is 11.1 Å². The molecule has 3 N–H and O–H groups in total. The predicted octanol–water partition coefficient (Wildman–Crippen LogP) is 3.50. The summed E-state index contributed by atoms with van der Waals surface area (Å²) >= 11 is 1.88. The lowest BCUT2D eigenvalue weighted by atomic mass is 9.65. The maximum absolute atomic E-state index is 12.4. The molecule has 0 aromatic heterocycles. The molecule has 2 atom stereocenters. The zero-order chi connectivity index (χ0) is 16.9. The number of rotatable bonds is 6. The summed E-state index contributed by atoms with van der Waals surface area (Å²) in [6.07, 6.45) is 5.73. The lowest BCUT2D eigenvalue weighted by molar-refractivity contribution is -0.127.